The molecule has 11 heteroatoms. The molecule has 2 aliphatic rings. The van der Waals surface area contributed by atoms with Gasteiger partial charge in [0.15, 0.2) is 12.6 Å². The predicted octanol–water partition coefficient (Wildman–Crippen LogP) is -4.35. The van der Waals surface area contributed by atoms with Crippen LogP contribution in [0.2, 0.25) is 0 Å². The lowest BCUT2D eigenvalue weighted by Gasteiger charge is -2.46. The standard InChI is InChI=1S/C14H26O11/c1-22-13-11(21)9(19)12(6(4-16)24-13)25-14-10(20)8(18)7(17)5(23-14)2-3-15/h5-21H,2-4H2,1H3/t5-,6-,7-,8+,9-,10+,11-,12+,13?,14?/m1/s1. The van der Waals surface area contributed by atoms with E-state index >= 15 is 0 Å². The Balaban J connectivity index is 2.12. The Morgan fingerprint density at radius 2 is 1.36 bits per heavy atom. The summed E-state index contributed by atoms with van der Waals surface area (Å²) in [6.45, 7) is -0.914. The van der Waals surface area contributed by atoms with E-state index in [4.69, 9.17) is 24.1 Å². The maximum Gasteiger partial charge on any atom is 0.187 e. The summed E-state index contributed by atoms with van der Waals surface area (Å²) in [6.07, 6.45) is -13.8. The monoisotopic (exact) mass is 370 g/mol. The first-order valence-electron chi connectivity index (χ1n) is 7.96. The molecule has 0 aromatic carbocycles. The van der Waals surface area contributed by atoms with E-state index in [0.29, 0.717) is 0 Å². The Morgan fingerprint density at radius 3 is 1.92 bits per heavy atom. The van der Waals surface area contributed by atoms with Crippen molar-refractivity contribution in [1.29, 1.82) is 0 Å². The minimum Gasteiger partial charge on any atom is -0.396 e. The summed E-state index contributed by atoms with van der Waals surface area (Å²) in [5, 5.41) is 68.4. The molecule has 2 unspecified atom stereocenters. The van der Waals surface area contributed by atoms with Gasteiger partial charge in [-0.15, -0.1) is 0 Å². The van der Waals surface area contributed by atoms with E-state index in [0.717, 1.165) is 0 Å². The maximum atomic E-state index is 10.2. The van der Waals surface area contributed by atoms with Crippen molar-refractivity contribution in [2.45, 2.75) is 67.8 Å². The first kappa shape index (κ1) is 20.9. The molecular formula is C14H26O11. The third-order valence-electron chi connectivity index (χ3n) is 4.43. The fraction of sp³-hybridized carbons (Fsp3) is 1.00. The quantitative estimate of drug-likeness (QED) is 0.240. The van der Waals surface area contributed by atoms with Crippen molar-refractivity contribution < 1.29 is 54.7 Å². The summed E-state index contributed by atoms with van der Waals surface area (Å²) in [7, 11) is 1.25. The summed E-state index contributed by atoms with van der Waals surface area (Å²) < 4.78 is 20.9. The SMILES string of the molecule is COC1O[C@H](CO)[C@H](OC2O[C@H](CCO)[C@@H](O)[C@H](O)[C@@H]2O)[C@H](O)[C@H]1O. The first-order chi connectivity index (χ1) is 11.8. The summed E-state index contributed by atoms with van der Waals surface area (Å²) in [6, 6.07) is 0. The molecule has 2 aliphatic heterocycles. The lowest BCUT2D eigenvalue weighted by molar-refractivity contribution is -0.356. The van der Waals surface area contributed by atoms with Crippen molar-refractivity contribution in [2.24, 2.45) is 0 Å². The van der Waals surface area contributed by atoms with E-state index in [9.17, 15) is 30.6 Å². The molecule has 0 saturated carbocycles. The highest BCUT2D eigenvalue weighted by Gasteiger charge is 2.50. The van der Waals surface area contributed by atoms with Crippen molar-refractivity contribution in [2.75, 3.05) is 20.3 Å². The Hall–Kier alpha value is -0.440. The van der Waals surface area contributed by atoms with Crippen LogP contribution in [0.3, 0.4) is 0 Å². The highest BCUT2D eigenvalue weighted by atomic mass is 16.7. The van der Waals surface area contributed by atoms with E-state index in [2.05, 4.69) is 0 Å². The molecular weight excluding hydrogens is 344 g/mol. The Labute approximate surface area is 143 Å². The van der Waals surface area contributed by atoms with Gasteiger partial charge in [-0.25, -0.2) is 0 Å². The molecule has 2 heterocycles. The molecule has 0 aliphatic carbocycles. The zero-order chi connectivity index (χ0) is 18.7. The Morgan fingerprint density at radius 1 is 0.760 bits per heavy atom. The lowest BCUT2D eigenvalue weighted by atomic mass is 9.96. The highest BCUT2D eigenvalue weighted by molar-refractivity contribution is 4.94. The first-order valence-corrected chi connectivity index (χ1v) is 7.96. The zero-order valence-electron chi connectivity index (χ0n) is 13.7. The number of aliphatic hydroxyl groups is 7. The number of hydrogen-bond donors (Lipinski definition) is 7. The fourth-order valence-electron chi connectivity index (χ4n) is 2.97. The van der Waals surface area contributed by atoms with Crippen LogP contribution in [0.1, 0.15) is 6.42 Å². The van der Waals surface area contributed by atoms with Crippen LogP contribution in [0.4, 0.5) is 0 Å². The lowest BCUT2D eigenvalue weighted by Crippen LogP contribution is -2.64. The molecule has 0 bridgehead atoms. The number of hydrogen-bond acceptors (Lipinski definition) is 11. The van der Waals surface area contributed by atoms with Crippen LogP contribution in [0.5, 0.6) is 0 Å². The van der Waals surface area contributed by atoms with Crippen molar-refractivity contribution >= 4 is 0 Å². The molecule has 11 nitrogen and oxygen atoms in total. The largest absolute Gasteiger partial charge is 0.396 e. The summed E-state index contributed by atoms with van der Waals surface area (Å²) >= 11 is 0. The van der Waals surface area contributed by atoms with Gasteiger partial charge in [-0.05, 0) is 6.42 Å². The van der Waals surface area contributed by atoms with E-state index in [1.165, 1.54) is 7.11 Å². The second kappa shape index (κ2) is 8.97. The van der Waals surface area contributed by atoms with E-state index in [-0.39, 0.29) is 13.0 Å². The topological polar surface area (TPSA) is 179 Å². The second-order valence-electron chi connectivity index (χ2n) is 6.07. The molecule has 25 heavy (non-hydrogen) atoms. The van der Waals surface area contributed by atoms with E-state index < -0.39 is 68.0 Å². The molecule has 0 spiro atoms. The molecule has 0 aromatic rings. The van der Waals surface area contributed by atoms with Crippen LogP contribution in [0, 0.1) is 0 Å². The Kier molecular flexibility index (Phi) is 7.49. The second-order valence-corrected chi connectivity index (χ2v) is 6.07. The molecule has 7 N–H and O–H groups in total. The van der Waals surface area contributed by atoms with Gasteiger partial charge in [0.2, 0.25) is 0 Å². The van der Waals surface area contributed by atoms with Crippen LogP contribution in [0.25, 0.3) is 0 Å². The van der Waals surface area contributed by atoms with Crippen molar-refractivity contribution in [3.8, 4) is 0 Å². The Bertz CT molecular complexity index is 408. The van der Waals surface area contributed by atoms with Gasteiger partial charge in [0.25, 0.3) is 0 Å². The minimum atomic E-state index is -1.66. The average molecular weight is 370 g/mol. The molecule has 0 aromatic heterocycles. The predicted molar refractivity (Wildman–Crippen MR) is 78.0 cm³/mol. The molecule has 148 valence electrons. The minimum absolute atomic E-state index is 0.0215. The molecule has 2 fully saturated rings. The van der Waals surface area contributed by atoms with Gasteiger partial charge in [-0.1, -0.05) is 0 Å². The van der Waals surface area contributed by atoms with Gasteiger partial charge in [-0.2, -0.15) is 0 Å². The fourth-order valence-corrected chi connectivity index (χ4v) is 2.97. The third kappa shape index (κ3) is 4.28. The average Bonchev–Trinajstić information content (AvgIpc) is 2.61. The summed E-state index contributed by atoms with van der Waals surface area (Å²) in [5.74, 6) is 0. The molecule has 0 radical (unpaired) electrons. The van der Waals surface area contributed by atoms with E-state index in [1.807, 2.05) is 0 Å². The summed E-state index contributed by atoms with van der Waals surface area (Å²) in [4.78, 5) is 0. The number of rotatable bonds is 6. The van der Waals surface area contributed by atoms with Crippen LogP contribution in [-0.2, 0) is 18.9 Å². The van der Waals surface area contributed by atoms with Gasteiger partial charge in [-0.3, -0.25) is 0 Å². The smallest absolute Gasteiger partial charge is 0.187 e. The molecule has 2 rings (SSSR count). The van der Waals surface area contributed by atoms with Crippen LogP contribution >= 0.6 is 0 Å². The molecule has 0 amide bonds. The molecule has 2 saturated heterocycles. The van der Waals surface area contributed by atoms with Gasteiger partial charge in [0.05, 0.1) is 12.7 Å². The van der Waals surface area contributed by atoms with Crippen molar-refractivity contribution in [3.63, 3.8) is 0 Å². The van der Waals surface area contributed by atoms with Crippen molar-refractivity contribution in [3.05, 3.63) is 0 Å². The highest BCUT2D eigenvalue weighted by Crippen LogP contribution is 2.29. The number of ether oxygens (including phenoxy) is 4. The maximum absolute atomic E-state index is 10.2. The van der Waals surface area contributed by atoms with Crippen LogP contribution in [0.15, 0.2) is 0 Å². The van der Waals surface area contributed by atoms with Crippen LogP contribution in [-0.4, -0.2) is 117 Å². The molecule has 10 atom stereocenters. The number of aliphatic hydroxyl groups excluding tert-OH is 7. The zero-order valence-corrected chi connectivity index (χ0v) is 13.7. The van der Waals surface area contributed by atoms with Gasteiger partial charge < -0.3 is 54.7 Å². The van der Waals surface area contributed by atoms with Gasteiger partial charge in [0, 0.05) is 13.7 Å². The van der Waals surface area contributed by atoms with Gasteiger partial charge >= 0.3 is 0 Å². The third-order valence-corrected chi connectivity index (χ3v) is 4.43. The normalized spacial score (nSPS) is 48.5. The summed E-state index contributed by atoms with van der Waals surface area (Å²) in [5.41, 5.74) is 0. The van der Waals surface area contributed by atoms with E-state index in [1.54, 1.807) is 0 Å². The number of methoxy groups -OCH3 is 1. The van der Waals surface area contributed by atoms with Crippen molar-refractivity contribution in [1.82, 2.24) is 0 Å². The van der Waals surface area contributed by atoms with Crippen LogP contribution < -0.4 is 0 Å². The van der Waals surface area contributed by atoms with Gasteiger partial charge in [0.1, 0.15) is 42.7 Å².